The SMILES string of the molecule is Nc1cc(Cl)ccc1C(=Cc1ccccc1)c1ccccc1. The van der Waals surface area contributed by atoms with E-state index in [1.807, 2.05) is 48.5 Å². The Morgan fingerprint density at radius 2 is 1.45 bits per heavy atom. The van der Waals surface area contributed by atoms with Gasteiger partial charge in [0, 0.05) is 16.3 Å². The van der Waals surface area contributed by atoms with Crippen molar-refractivity contribution in [1.82, 2.24) is 0 Å². The Kier molecular flexibility index (Phi) is 4.27. The van der Waals surface area contributed by atoms with Crippen molar-refractivity contribution >= 4 is 28.9 Å². The number of rotatable bonds is 3. The average molecular weight is 306 g/mol. The Morgan fingerprint density at radius 1 is 0.818 bits per heavy atom. The maximum atomic E-state index is 6.19. The van der Waals surface area contributed by atoms with E-state index in [-0.39, 0.29) is 0 Å². The van der Waals surface area contributed by atoms with Gasteiger partial charge in [-0.1, -0.05) is 78.3 Å². The molecule has 0 unspecified atom stereocenters. The lowest BCUT2D eigenvalue weighted by molar-refractivity contribution is 1.55. The zero-order chi connectivity index (χ0) is 15.4. The summed E-state index contributed by atoms with van der Waals surface area (Å²) >= 11 is 6.03. The fraction of sp³-hybridized carbons (Fsp3) is 0. The highest BCUT2D eigenvalue weighted by Crippen LogP contribution is 2.31. The van der Waals surface area contributed by atoms with Crippen molar-refractivity contribution in [3.05, 3.63) is 101 Å². The summed E-state index contributed by atoms with van der Waals surface area (Å²) < 4.78 is 0. The first-order valence-electron chi connectivity index (χ1n) is 7.11. The molecule has 0 fully saturated rings. The van der Waals surface area contributed by atoms with Gasteiger partial charge in [-0.05, 0) is 34.9 Å². The van der Waals surface area contributed by atoms with Gasteiger partial charge in [-0.2, -0.15) is 0 Å². The van der Waals surface area contributed by atoms with E-state index in [0.717, 1.165) is 22.3 Å². The van der Waals surface area contributed by atoms with E-state index in [1.54, 1.807) is 6.07 Å². The van der Waals surface area contributed by atoms with Crippen molar-refractivity contribution in [2.45, 2.75) is 0 Å². The number of benzene rings is 3. The largest absolute Gasteiger partial charge is 0.398 e. The number of hydrogen-bond donors (Lipinski definition) is 1. The van der Waals surface area contributed by atoms with Crippen LogP contribution in [0.4, 0.5) is 5.69 Å². The second-order valence-electron chi connectivity index (χ2n) is 5.07. The molecular weight excluding hydrogens is 290 g/mol. The van der Waals surface area contributed by atoms with Crippen molar-refractivity contribution < 1.29 is 0 Å². The van der Waals surface area contributed by atoms with Crippen LogP contribution in [0.1, 0.15) is 16.7 Å². The lowest BCUT2D eigenvalue weighted by atomic mass is 9.94. The third-order valence-corrected chi connectivity index (χ3v) is 3.73. The maximum Gasteiger partial charge on any atom is 0.0426 e. The Hall–Kier alpha value is -2.51. The summed E-state index contributed by atoms with van der Waals surface area (Å²) in [5.74, 6) is 0. The molecule has 0 amide bonds. The molecule has 1 nitrogen and oxygen atoms in total. The highest BCUT2D eigenvalue weighted by molar-refractivity contribution is 6.31. The van der Waals surface area contributed by atoms with E-state index in [0.29, 0.717) is 10.7 Å². The molecule has 108 valence electrons. The summed E-state index contributed by atoms with van der Waals surface area (Å²) in [6.07, 6.45) is 2.15. The molecule has 0 bridgehead atoms. The standard InChI is InChI=1S/C20H16ClN/c21-17-11-12-18(20(22)14-17)19(16-9-5-2-6-10-16)13-15-7-3-1-4-8-15/h1-14H,22H2. The van der Waals surface area contributed by atoms with E-state index in [9.17, 15) is 0 Å². The molecule has 0 aromatic heterocycles. The van der Waals surface area contributed by atoms with Gasteiger partial charge in [0.05, 0.1) is 0 Å². The minimum absolute atomic E-state index is 0.647. The molecule has 0 spiro atoms. The fourth-order valence-corrected chi connectivity index (χ4v) is 2.61. The smallest absolute Gasteiger partial charge is 0.0426 e. The van der Waals surface area contributed by atoms with Crippen LogP contribution in [0.2, 0.25) is 5.02 Å². The molecule has 0 saturated carbocycles. The normalized spacial score (nSPS) is 11.4. The summed E-state index contributed by atoms with van der Waals surface area (Å²) in [6.45, 7) is 0. The molecule has 0 radical (unpaired) electrons. The monoisotopic (exact) mass is 305 g/mol. The van der Waals surface area contributed by atoms with Crippen LogP contribution in [0.5, 0.6) is 0 Å². The molecule has 22 heavy (non-hydrogen) atoms. The van der Waals surface area contributed by atoms with Crippen molar-refractivity contribution in [3.8, 4) is 0 Å². The van der Waals surface area contributed by atoms with Crippen molar-refractivity contribution in [2.24, 2.45) is 0 Å². The van der Waals surface area contributed by atoms with E-state index >= 15 is 0 Å². The minimum Gasteiger partial charge on any atom is -0.398 e. The zero-order valence-electron chi connectivity index (χ0n) is 12.0. The van der Waals surface area contributed by atoms with Crippen LogP contribution in [-0.4, -0.2) is 0 Å². The Morgan fingerprint density at radius 3 is 2.09 bits per heavy atom. The van der Waals surface area contributed by atoms with Crippen LogP contribution in [0, 0.1) is 0 Å². The van der Waals surface area contributed by atoms with Gasteiger partial charge in [0.1, 0.15) is 0 Å². The van der Waals surface area contributed by atoms with E-state index in [2.05, 4.69) is 30.3 Å². The van der Waals surface area contributed by atoms with Crippen LogP contribution < -0.4 is 5.73 Å². The third kappa shape index (κ3) is 3.21. The van der Waals surface area contributed by atoms with Gasteiger partial charge >= 0.3 is 0 Å². The summed E-state index contributed by atoms with van der Waals surface area (Å²) in [5, 5.41) is 0.647. The average Bonchev–Trinajstić information content (AvgIpc) is 2.55. The summed E-state index contributed by atoms with van der Waals surface area (Å²) in [7, 11) is 0. The van der Waals surface area contributed by atoms with E-state index in [1.165, 1.54) is 0 Å². The van der Waals surface area contributed by atoms with Gasteiger partial charge in [0.15, 0.2) is 0 Å². The van der Waals surface area contributed by atoms with Gasteiger partial charge < -0.3 is 5.73 Å². The van der Waals surface area contributed by atoms with Gasteiger partial charge in [-0.25, -0.2) is 0 Å². The summed E-state index contributed by atoms with van der Waals surface area (Å²) in [4.78, 5) is 0. The Labute approximate surface area is 135 Å². The maximum absolute atomic E-state index is 6.19. The molecule has 0 heterocycles. The molecule has 0 atom stereocenters. The first kappa shape index (κ1) is 14.4. The lowest BCUT2D eigenvalue weighted by Crippen LogP contribution is -1.95. The predicted molar refractivity (Wildman–Crippen MR) is 95.7 cm³/mol. The number of hydrogen-bond acceptors (Lipinski definition) is 1. The topological polar surface area (TPSA) is 26.0 Å². The Bertz CT molecular complexity index is 792. The number of nitrogens with two attached hydrogens (primary N) is 1. The molecule has 2 N–H and O–H groups in total. The molecule has 0 aliphatic rings. The zero-order valence-corrected chi connectivity index (χ0v) is 12.8. The summed E-state index contributed by atoms with van der Waals surface area (Å²) in [5.41, 5.74) is 11.2. The predicted octanol–water partition coefficient (Wildman–Crippen LogP) is 5.51. The van der Waals surface area contributed by atoms with Crippen LogP contribution in [-0.2, 0) is 0 Å². The number of anilines is 1. The van der Waals surface area contributed by atoms with Crippen LogP contribution >= 0.6 is 11.6 Å². The molecule has 3 rings (SSSR count). The molecular formula is C20H16ClN. The Balaban J connectivity index is 2.17. The molecule has 0 aliphatic heterocycles. The van der Waals surface area contributed by atoms with Crippen LogP contribution in [0.3, 0.4) is 0 Å². The second kappa shape index (κ2) is 6.50. The van der Waals surface area contributed by atoms with Crippen molar-refractivity contribution in [1.29, 1.82) is 0 Å². The first-order chi connectivity index (χ1) is 10.7. The van der Waals surface area contributed by atoms with Crippen LogP contribution in [0.25, 0.3) is 11.6 Å². The third-order valence-electron chi connectivity index (χ3n) is 3.50. The van der Waals surface area contributed by atoms with Gasteiger partial charge in [0.2, 0.25) is 0 Å². The highest BCUT2D eigenvalue weighted by atomic mass is 35.5. The molecule has 2 heteroatoms. The van der Waals surface area contributed by atoms with E-state index < -0.39 is 0 Å². The quantitative estimate of drug-likeness (QED) is 0.501. The van der Waals surface area contributed by atoms with Crippen molar-refractivity contribution in [3.63, 3.8) is 0 Å². The second-order valence-corrected chi connectivity index (χ2v) is 5.50. The highest BCUT2D eigenvalue weighted by Gasteiger charge is 2.09. The molecule has 3 aromatic carbocycles. The first-order valence-corrected chi connectivity index (χ1v) is 7.49. The molecule has 3 aromatic rings. The lowest BCUT2D eigenvalue weighted by Gasteiger charge is -2.12. The fourth-order valence-electron chi connectivity index (χ4n) is 2.43. The van der Waals surface area contributed by atoms with Gasteiger partial charge in [0.25, 0.3) is 0 Å². The molecule has 0 aliphatic carbocycles. The minimum atomic E-state index is 0.647. The van der Waals surface area contributed by atoms with E-state index in [4.69, 9.17) is 17.3 Å². The summed E-state index contributed by atoms with van der Waals surface area (Å²) in [6, 6.07) is 26.1. The van der Waals surface area contributed by atoms with Crippen LogP contribution in [0.15, 0.2) is 78.9 Å². The number of nitrogen functional groups attached to an aromatic ring is 1. The van der Waals surface area contributed by atoms with Gasteiger partial charge in [-0.15, -0.1) is 0 Å². The number of halogens is 1. The van der Waals surface area contributed by atoms with Crippen molar-refractivity contribution in [2.75, 3.05) is 5.73 Å². The van der Waals surface area contributed by atoms with Gasteiger partial charge in [-0.3, -0.25) is 0 Å². The molecule has 0 saturated heterocycles.